The molecule has 2 aromatic carbocycles. The molecule has 2 rings (SSSR count). The standard InChI is InChI=1S/C15H12O6/c16-10-3-8(4-11(17)7-10)5-12(15(20)21)9-1-2-13(18)14(19)6-9/h1-7,16-19H,(H,20,21)/b12-5+. The second-order valence-corrected chi connectivity index (χ2v) is 4.35. The Kier molecular flexibility index (Phi) is 3.71. The molecule has 0 unspecified atom stereocenters. The largest absolute Gasteiger partial charge is 0.508 e. The van der Waals surface area contributed by atoms with E-state index in [2.05, 4.69) is 0 Å². The molecule has 0 fully saturated rings. The fraction of sp³-hybridized carbons (Fsp3) is 0. The molecule has 0 aromatic heterocycles. The fourth-order valence-corrected chi connectivity index (χ4v) is 1.83. The number of phenols is 4. The van der Waals surface area contributed by atoms with Crippen LogP contribution in [0.4, 0.5) is 0 Å². The number of hydrogen-bond acceptors (Lipinski definition) is 5. The third-order valence-corrected chi connectivity index (χ3v) is 2.75. The Bertz CT molecular complexity index is 713. The van der Waals surface area contributed by atoms with Gasteiger partial charge in [0.25, 0.3) is 0 Å². The topological polar surface area (TPSA) is 118 Å². The summed E-state index contributed by atoms with van der Waals surface area (Å²) in [6.45, 7) is 0. The predicted molar refractivity (Wildman–Crippen MR) is 75.0 cm³/mol. The Morgan fingerprint density at radius 1 is 0.857 bits per heavy atom. The van der Waals surface area contributed by atoms with Crippen molar-refractivity contribution in [2.75, 3.05) is 0 Å². The van der Waals surface area contributed by atoms with Gasteiger partial charge in [0.1, 0.15) is 11.5 Å². The zero-order chi connectivity index (χ0) is 15.6. The van der Waals surface area contributed by atoms with Crippen LogP contribution in [0.1, 0.15) is 11.1 Å². The van der Waals surface area contributed by atoms with Crippen LogP contribution in [-0.4, -0.2) is 31.5 Å². The molecular formula is C15H12O6. The van der Waals surface area contributed by atoms with E-state index in [1.807, 2.05) is 0 Å². The molecule has 6 nitrogen and oxygen atoms in total. The summed E-state index contributed by atoms with van der Waals surface area (Å²) < 4.78 is 0. The third kappa shape index (κ3) is 3.24. The average Bonchev–Trinajstić information content (AvgIpc) is 2.38. The van der Waals surface area contributed by atoms with Crippen molar-refractivity contribution in [2.24, 2.45) is 0 Å². The maximum Gasteiger partial charge on any atom is 0.336 e. The first-order valence-corrected chi connectivity index (χ1v) is 5.87. The second kappa shape index (κ2) is 5.46. The van der Waals surface area contributed by atoms with Crippen molar-refractivity contribution in [3.05, 3.63) is 47.5 Å². The average molecular weight is 288 g/mol. The predicted octanol–water partition coefficient (Wildman–Crippen LogP) is 2.13. The van der Waals surface area contributed by atoms with Gasteiger partial charge in [0.2, 0.25) is 0 Å². The summed E-state index contributed by atoms with van der Waals surface area (Å²) in [5, 5.41) is 46.7. The molecule has 5 N–H and O–H groups in total. The highest BCUT2D eigenvalue weighted by Gasteiger charge is 2.13. The SMILES string of the molecule is O=C(O)/C(=C/c1cc(O)cc(O)c1)c1ccc(O)c(O)c1. The van der Waals surface area contributed by atoms with Crippen LogP contribution in [-0.2, 0) is 4.79 Å². The van der Waals surface area contributed by atoms with E-state index in [1.54, 1.807) is 0 Å². The van der Waals surface area contributed by atoms with E-state index in [9.17, 15) is 30.3 Å². The van der Waals surface area contributed by atoms with Gasteiger partial charge in [0.05, 0.1) is 5.57 Å². The van der Waals surface area contributed by atoms with Crippen LogP contribution < -0.4 is 0 Å². The number of carboxylic acid groups (broad SMARTS) is 1. The van der Waals surface area contributed by atoms with Crippen molar-refractivity contribution >= 4 is 17.6 Å². The van der Waals surface area contributed by atoms with E-state index in [-0.39, 0.29) is 33.9 Å². The van der Waals surface area contributed by atoms with Gasteiger partial charge in [0, 0.05) is 6.07 Å². The number of carbonyl (C=O) groups is 1. The first-order valence-electron chi connectivity index (χ1n) is 5.87. The molecule has 0 amide bonds. The van der Waals surface area contributed by atoms with Gasteiger partial charge in [-0.25, -0.2) is 4.79 Å². The van der Waals surface area contributed by atoms with Gasteiger partial charge in [-0.15, -0.1) is 0 Å². The third-order valence-electron chi connectivity index (χ3n) is 2.75. The Labute approximate surface area is 119 Å². The molecular weight excluding hydrogens is 276 g/mol. The lowest BCUT2D eigenvalue weighted by molar-refractivity contribution is -0.130. The summed E-state index contributed by atoms with van der Waals surface area (Å²) in [7, 11) is 0. The van der Waals surface area contributed by atoms with Crippen LogP contribution in [0.5, 0.6) is 23.0 Å². The van der Waals surface area contributed by atoms with Gasteiger partial charge in [-0.05, 0) is 41.5 Å². The van der Waals surface area contributed by atoms with Crippen molar-refractivity contribution in [3.8, 4) is 23.0 Å². The molecule has 0 radical (unpaired) electrons. The highest BCUT2D eigenvalue weighted by molar-refractivity contribution is 6.20. The highest BCUT2D eigenvalue weighted by Crippen LogP contribution is 2.30. The number of aliphatic carboxylic acids is 1. The molecule has 0 saturated carbocycles. The summed E-state index contributed by atoms with van der Waals surface area (Å²) in [5.74, 6) is -2.49. The van der Waals surface area contributed by atoms with Crippen molar-refractivity contribution < 1.29 is 30.3 Å². The van der Waals surface area contributed by atoms with Gasteiger partial charge in [-0.2, -0.15) is 0 Å². The molecule has 0 atom stereocenters. The van der Waals surface area contributed by atoms with E-state index >= 15 is 0 Å². The summed E-state index contributed by atoms with van der Waals surface area (Å²) >= 11 is 0. The molecule has 0 aliphatic carbocycles. The van der Waals surface area contributed by atoms with Crippen LogP contribution in [0.2, 0.25) is 0 Å². The van der Waals surface area contributed by atoms with Crippen LogP contribution in [0, 0.1) is 0 Å². The first kappa shape index (κ1) is 14.3. The molecule has 6 heteroatoms. The monoisotopic (exact) mass is 288 g/mol. The molecule has 21 heavy (non-hydrogen) atoms. The molecule has 0 aliphatic rings. The van der Waals surface area contributed by atoms with Gasteiger partial charge in [-0.3, -0.25) is 0 Å². The molecule has 2 aromatic rings. The van der Waals surface area contributed by atoms with Gasteiger partial charge in [-0.1, -0.05) is 6.07 Å². The lowest BCUT2D eigenvalue weighted by Gasteiger charge is -2.06. The van der Waals surface area contributed by atoms with Crippen molar-refractivity contribution in [1.29, 1.82) is 0 Å². The van der Waals surface area contributed by atoms with Crippen LogP contribution in [0.3, 0.4) is 0 Å². The van der Waals surface area contributed by atoms with Crippen molar-refractivity contribution in [2.45, 2.75) is 0 Å². The van der Waals surface area contributed by atoms with Gasteiger partial charge >= 0.3 is 5.97 Å². The molecule has 108 valence electrons. The Hall–Kier alpha value is -3.15. The molecule has 0 spiro atoms. The van der Waals surface area contributed by atoms with Gasteiger partial charge < -0.3 is 25.5 Å². The minimum Gasteiger partial charge on any atom is -0.508 e. The molecule has 0 aliphatic heterocycles. The Morgan fingerprint density at radius 2 is 1.48 bits per heavy atom. The number of rotatable bonds is 3. The minimum absolute atomic E-state index is 0.167. The lowest BCUT2D eigenvalue weighted by atomic mass is 10.0. The second-order valence-electron chi connectivity index (χ2n) is 4.35. The van der Waals surface area contributed by atoms with Crippen LogP contribution >= 0.6 is 0 Å². The van der Waals surface area contributed by atoms with Crippen LogP contribution in [0.15, 0.2) is 36.4 Å². The molecule has 0 bridgehead atoms. The first-order chi connectivity index (χ1) is 9.86. The maximum atomic E-state index is 11.3. The van der Waals surface area contributed by atoms with Crippen molar-refractivity contribution in [3.63, 3.8) is 0 Å². The van der Waals surface area contributed by atoms with E-state index in [1.165, 1.54) is 30.3 Å². The number of benzene rings is 2. The maximum absolute atomic E-state index is 11.3. The van der Waals surface area contributed by atoms with E-state index < -0.39 is 11.7 Å². The van der Waals surface area contributed by atoms with E-state index in [0.29, 0.717) is 0 Å². The lowest BCUT2D eigenvalue weighted by Crippen LogP contribution is -1.99. The van der Waals surface area contributed by atoms with E-state index in [4.69, 9.17) is 0 Å². The smallest absolute Gasteiger partial charge is 0.336 e. The number of aromatic hydroxyl groups is 4. The zero-order valence-electron chi connectivity index (χ0n) is 10.7. The summed E-state index contributed by atoms with van der Waals surface area (Å²) in [4.78, 5) is 11.3. The minimum atomic E-state index is -1.26. The summed E-state index contributed by atoms with van der Waals surface area (Å²) in [6.07, 6.45) is 1.23. The number of carboxylic acids is 1. The summed E-state index contributed by atoms with van der Waals surface area (Å²) in [6, 6.07) is 7.28. The Morgan fingerprint density at radius 3 is 2.00 bits per heavy atom. The normalized spacial score (nSPS) is 11.3. The molecule has 0 heterocycles. The quantitative estimate of drug-likeness (QED) is 0.335. The molecule has 0 saturated heterocycles. The number of phenolic OH excluding ortho intramolecular Hbond substituents is 4. The van der Waals surface area contributed by atoms with Gasteiger partial charge in [0.15, 0.2) is 11.5 Å². The van der Waals surface area contributed by atoms with Crippen LogP contribution in [0.25, 0.3) is 11.6 Å². The number of hydrogen-bond donors (Lipinski definition) is 5. The fourth-order valence-electron chi connectivity index (χ4n) is 1.83. The van der Waals surface area contributed by atoms with Crippen molar-refractivity contribution in [1.82, 2.24) is 0 Å². The summed E-state index contributed by atoms with van der Waals surface area (Å²) in [5.41, 5.74) is 0.272. The zero-order valence-corrected chi connectivity index (χ0v) is 10.7. The van der Waals surface area contributed by atoms with E-state index in [0.717, 1.165) is 12.1 Å². The Balaban J connectivity index is 2.54. The highest BCUT2D eigenvalue weighted by atomic mass is 16.4.